The zero-order valence-corrected chi connectivity index (χ0v) is 36.6. The highest BCUT2D eigenvalue weighted by molar-refractivity contribution is 6.13. The van der Waals surface area contributed by atoms with Crippen LogP contribution >= 0.6 is 0 Å². The average Bonchev–Trinajstić information content (AvgIpc) is 3.92. The van der Waals surface area contributed by atoms with Crippen molar-refractivity contribution in [1.29, 1.82) is 0 Å². The van der Waals surface area contributed by atoms with E-state index in [9.17, 15) is 0 Å². The number of allylic oxidation sites excluding steroid dienone is 2. The normalized spacial score (nSPS) is 18.0. The van der Waals surface area contributed by atoms with Gasteiger partial charge in [0.25, 0.3) is 0 Å². The van der Waals surface area contributed by atoms with Gasteiger partial charge in [-0.05, 0) is 128 Å². The fourth-order valence-corrected chi connectivity index (χ4v) is 11.0. The van der Waals surface area contributed by atoms with E-state index in [0.29, 0.717) is 11.8 Å². The molecule has 2 aliphatic carbocycles. The van der Waals surface area contributed by atoms with Crippen molar-refractivity contribution in [2.24, 2.45) is 0 Å². The second-order valence-electron chi connectivity index (χ2n) is 18.2. The molecule has 3 aliphatic rings. The van der Waals surface area contributed by atoms with Crippen molar-refractivity contribution in [2.45, 2.75) is 37.2 Å². The van der Waals surface area contributed by atoms with E-state index in [1.54, 1.807) is 0 Å². The second-order valence-corrected chi connectivity index (χ2v) is 18.2. The van der Waals surface area contributed by atoms with E-state index in [1.807, 2.05) is 0 Å². The molecule has 3 nitrogen and oxygen atoms in total. The second kappa shape index (κ2) is 15.6. The van der Waals surface area contributed by atoms with E-state index >= 15 is 0 Å². The van der Waals surface area contributed by atoms with Gasteiger partial charge in [-0.3, -0.25) is 0 Å². The standard InChI is InChI=1S/C63H45NO2/c1-39-49-28-24-44(40-14-5-2-6-15-40)33-55(49)50-29-25-43(32-48(50)35-54(39)42-18-9-4-10-19-42)45-27-31-60-56(34-45)63-53(21-13-23-61(63)65-60)58-37-47(41-16-7-3-8-17-41)36-57(64-58)46-26-30-52-51-20-11-12-22-59(51)66-62(52)38-46/h2-34,36-39,51,54,59H,35H2,1H3. The molecule has 8 aromatic carbocycles. The maximum Gasteiger partial charge on any atom is 0.136 e. The fraction of sp³-hybridized carbons (Fsp3) is 0.0952. The molecule has 4 atom stereocenters. The minimum Gasteiger partial charge on any atom is -0.485 e. The zero-order valence-electron chi connectivity index (χ0n) is 36.6. The summed E-state index contributed by atoms with van der Waals surface area (Å²) in [4.78, 5) is 5.45. The Bertz CT molecular complexity index is 3560. The minimum atomic E-state index is 0.0295. The Hall–Kier alpha value is -8.01. The summed E-state index contributed by atoms with van der Waals surface area (Å²) >= 11 is 0. The molecule has 2 aromatic heterocycles. The molecule has 0 spiro atoms. The van der Waals surface area contributed by atoms with E-state index in [0.717, 1.165) is 73.3 Å². The molecule has 0 saturated carbocycles. The largest absolute Gasteiger partial charge is 0.485 e. The van der Waals surface area contributed by atoms with Crippen LogP contribution in [0, 0.1) is 0 Å². The SMILES string of the molecule is CC1c2ccc(-c3ccccc3)cc2-c2ccc(-c3ccc4oc5cccc(-c6cc(-c7ccccc7)cc(-c7ccc8c(c7)OC7C=CC=CC87)n6)c5c4c3)cc2CC1c1ccccc1. The van der Waals surface area contributed by atoms with Crippen molar-refractivity contribution in [1.82, 2.24) is 4.98 Å². The number of nitrogens with zero attached hydrogens (tertiary/aromatic N) is 1. The molecular formula is C63H45NO2. The number of benzene rings is 8. The molecule has 13 rings (SSSR count). The number of rotatable bonds is 6. The van der Waals surface area contributed by atoms with Crippen molar-refractivity contribution in [3.8, 4) is 72.8 Å². The molecule has 0 N–H and O–H groups in total. The third-order valence-corrected chi connectivity index (χ3v) is 14.4. The Morgan fingerprint density at radius 1 is 0.470 bits per heavy atom. The van der Waals surface area contributed by atoms with Gasteiger partial charge < -0.3 is 9.15 Å². The van der Waals surface area contributed by atoms with Gasteiger partial charge in [-0.25, -0.2) is 4.98 Å². The van der Waals surface area contributed by atoms with Gasteiger partial charge in [0, 0.05) is 33.4 Å². The molecule has 0 amide bonds. The van der Waals surface area contributed by atoms with Gasteiger partial charge in [-0.2, -0.15) is 0 Å². The van der Waals surface area contributed by atoms with Crippen molar-refractivity contribution in [2.75, 3.05) is 0 Å². The van der Waals surface area contributed by atoms with Crippen LogP contribution in [-0.4, -0.2) is 11.1 Å². The van der Waals surface area contributed by atoms with Crippen molar-refractivity contribution < 1.29 is 9.15 Å². The van der Waals surface area contributed by atoms with Crippen LogP contribution in [0.2, 0.25) is 0 Å². The predicted molar refractivity (Wildman–Crippen MR) is 271 cm³/mol. The van der Waals surface area contributed by atoms with Gasteiger partial charge in [-0.1, -0.05) is 177 Å². The molecule has 3 heterocycles. The molecule has 314 valence electrons. The molecule has 0 saturated heterocycles. The van der Waals surface area contributed by atoms with Gasteiger partial charge in [0.2, 0.25) is 0 Å². The first-order chi connectivity index (χ1) is 32.6. The smallest absolute Gasteiger partial charge is 0.136 e. The fourth-order valence-electron chi connectivity index (χ4n) is 11.0. The molecule has 3 heteroatoms. The highest BCUT2D eigenvalue weighted by Crippen LogP contribution is 2.48. The monoisotopic (exact) mass is 847 g/mol. The molecular weight excluding hydrogens is 803 g/mol. The maximum absolute atomic E-state index is 6.65. The number of furan rings is 1. The summed E-state index contributed by atoms with van der Waals surface area (Å²) in [6, 6.07) is 70.7. The van der Waals surface area contributed by atoms with Crippen molar-refractivity contribution >= 4 is 21.9 Å². The van der Waals surface area contributed by atoms with Gasteiger partial charge >= 0.3 is 0 Å². The van der Waals surface area contributed by atoms with Crippen LogP contribution in [0.4, 0.5) is 0 Å². The highest BCUT2D eigenvalue weighted by Gasteiger charge is 2.33. The lowest BCUT2D eigenvalue weighted by Gasteiger charge is -2.24. The third-order valence-electron chi connectivity index (χ3n) is 14.4. The highest BCUT2D eigenvalue weighted by atomic mass is 16.5. The molecule has 10 aromatic rings. The Labute approximate surface area is 385 Å². The first kappa shape index (κ1) is 38.4. The lowest BCUT2D eigenvalue weighted by molar-refractivity contribution is 0.269. The van der Waals surface area contributed by atoms with E-state index in [-0.39, 0.29) is 12.0 Å². The topological polar surface area (TPSA) is 35.3 Å². The number of fused-ring (bicyclic) bond motifs is 9. The van der Waals surface area contributed by atoms with Crippen LogP contribution in [-0.2, 0) is 6.42 Å². The predicted octanol–water partition coefficient (Wildman–Crippen LogP) is 16.4. The van der Waals surface area contributed by atoms with E-state index in [1.165, 1.54) is 50.1 Å². The number of pyridine rings is 1. The summed E-state index contributed by atoms with van der Waals surface area (Å²) < 4.78 is 13.1. The molecule has 0 radical (unpaired) electrons. The van der Waals surface area contributed by atoms with Crippen LogP contribution in [0.15, 0.2) is 223 Å². The molecule has 1 aliphatic heterocycles. The number of hydrogen-bond acceptors (Lipinski definition) is 3. The van der Waals surface area contributed by atoms with Gasteiger partial charge in [0.05, 0.1) is 11.4 Å². The Kier molecular flexibility index (Phi) is 9.09. The summed E-state index contributed by atoms with van der Waals surface area (Å²) in [6.45, 7) is 2.41. The van der Waals surface area contributed by atoms with Crippen LogP contribution in [0.5, 0.6) is 5.75 Å². The van der Waals surface area contributed by atoms with Crippen LogP contribution < -0.4 is 4.74 Å². The van der Waals surface area contributed by atoms with E-state index < -0.39 is 0 Å². The average molecular weight is 848 g/mol. The quantitative estimate of drug-likeness (QED) is 0.167. The number of aromatic nitrogens is 1. The maximum atomic E-state index is 6.65. The first-order valence-electron chi connectivity index (χ1n) is 23.2. The minimum absolute atomic E-state index is 0.0295. The van der Waals surface area contributed by atoms with Crippen LogP contribution in [0.25, 0.3) is 89.0 Å². The Morgan fingerprint density at radius 2 is 1.15 bits per heavy atom. The van der Waals surface area contributed by atoms with Crippen LogP contribution in [0.3, 0.4) is 0 Å². The van der Waals surface area contributed by atoms with Gasteiger partial charge in [-0.15, -0.1) is 0 Å². The number of hydrogen-bond donors (Lipinski definition) is 0. The lowest BCUT2D eigenvalue weighted by atomic mass is 9.80. The number of ether oxygens (including phenoxy) is 1. The Morgan fingerprint density at radius 3 is 1.98 bits per heavy atom. The van der Waals surface area contributed by atoms with Crippen LogP contribution in [0.1, 0.15) is 46.9 Å². The molecule has 0 bridgehead atoms. The summed E-state index contributed by atoms with van der Waals surface area (Å²) in [5.41, 5.74) is 20.6. The van der Waals surface area contributed by atoms with Gasteiger partial charge in [0.15, 0.2) is 0 Å². The van der Waals surface area contributed by atoms with E-state index in [2.05, 4.69) is 225 Å². The van der Waals surface area contributed by atoms with E-state index in [4.69, 9.17) is 14.1 Å². The molecule has 66 heavy (non-hydrogen) atoms. The van der Waals surface area contributed by atoms with Gasteiger partial charge in [0.1, 0.15) is 23.0 Å². The zero-order chi connectivity index (χ0) is 43.7. The summed E-state index contributed by atoms with van der Waals surface area (Å²) in [6.07, 6.45) is 9.55. The summed E-state index contributed by atoms with van der Waals surface area (Å²) in [5.74, 6) is 1.82. The molecule has 4 unspecified atom stereocenters. The molecule has 0 fully saturated rings. The first-order valence-corrected chi connectivity index (χ1v) is 23.2. The third kappa shape index (κ3) is 6.53. The Balaban J connectivity index is 0.940. The summed E-state index contributed by atoms with van der Waals surface area (Å²) in [7, 11) is 0. The lowest BCUT2D eigenvalue weighted by Crippen LogP contribution is -2.15. The summed E-state index contributed by atoms with van der Waals surface area (Å²) in [5, 5.41) is 2.14. The van der Waals surface area contributed by atoms with Crippen molar-refractivity contribution in [3.63, 3.8) is 0 Å². The van der Waals surface area contributed by atoms with Crippen molar-refractivity contribution in [3.05, 3.63) is 241 Å².